The second-order valence-corrected chi connectivity index (χ2v) is 7.53. The molecule has 0 bridgehead atoms. The summed E-state index contributed by atoms with van der Waals surface area (Å²) in [7, 11) is 0. The van der Waals surface area contributed by atoms with Gasteiger partial charge in [0, 0.05) is 24.7 Å². The van der Waals surface area contributed by atoms with Crippen LogP contribution in [-0.4, -0.2) is 59.9 Å². The molecule has 0 saturated carbocycles. The van der Waals surface area contributed by atoms with Crippen molar-refractivity contribution in [2.45, 2.75) is 19.8 Å². The summed E-state index contributed by atoms with van der Waals surface area (Å²) >= 11 is 0.821. The first-order chi connectivity index (χ1) is 13.6. The number of hydrogen-bond acceptors (Lipinski definition) is 7. The molecule has 1 aromatic rings. The number of hydrogen-bond donors (Lipinski definition) is 0. The van der Waals surface area contributed by atoms with E-state index in [1.54, 1.807) is 23.1 Å². The van der Waals surface area contributed by atoms with Crippen LogP contribution in [0.25, 0.3) is 6.08 Å². The zero-order chi connectivity index (χ0) is 19.7. The number of rotatable bonds is 5. The molecule has 3 aliphatic heterocycles. The van der Waals surface area contributed by atoms with E-state index in [2.05, 4.69) is 0 Å². The highest BCUT2D eigenvalue weighted by Crippen LogP contribution is 2.41. The van der Waals surface area contributed by atoms with E-state index in [9.17, 15) is 14.4 Å². The molecular weight excluding hydrogens is 384 g/mol. The molecule has 9 heteroatoms. The van der Waals surface area contributed by atoms with Crippen molar-refractivity contribution in [2.24, 2.45) is 0 Å². The fraction of sp³-hybridized carbons (Fsp3) is 0.421. The molecule has 28 heavy (non-hydrogen) atoms. The second-order valence-electron chi connectivity index (χ2n) is 6.53. The molecule has 8 nitrogen and oxygen atoms in total. The highest BCUT2D eigenvalue weighted by Gasteiger charge is 2.37. The molecule has 0 aliphatic carbocycles. The monoisotopic (exact) mass is 404 g/mol. The number of likely N-dealkylation sites (tertiary alicyclic amines) is 1. The summed E-state index contributed by atoms with van der Waals surface area (Å²) in [5.74, 6) is 0.997. The van der Waals surface area contributed by atoms with Crippen molar-refractivity contribution in [1.29, 1.82) is 0 Å². The first-order valence-electron chi connectivity index (χ1n) is 9.16. The number of fused-ring (bicyclic) bond motifs is 1. The van der Waals surface area contributed by atoms with Crippen LogP contribution >= 0.6 is 11.8 Å². The van der Waals surface area contributed by atoms with Gasteiger partial charge in [0.15, 0.2) is 11.5 Å². The minimum Gasteiger partial charge on any atom is -0.493 e. The van der Waals surface area contributed by atoms with Gasteiger partial charge in [0.1, 0.15) is 12.3 Å². The van der Waals surface area contributed by atoms with E-state index in [0.29, 0.717) is 42.5 Å². The van der Waals surface area contributed by atoms with Crippen molar-refractivity contribution < 1.29 is 28.6 Å². The normalized spacial score (nSPS) is 19.8. The zero-order valence-electron chi connectivity index (χ0n) is 15.4. The lowest BCUT2D eigenvalue weighted by Crippen LogP contribution is -2.40. The van der Waals surface area contributed by atoms with Crippen LogP contribution in [0, 0.1) is 0 Å². The molecule has 2 saturated heterocycles. The Bertz CT molecular complexity index is 862. The molecule has 3 heterocycles. The minimum absolute atomic E-state index is 0.124. The predicted octanol–water partition coefficient (Wildman–Crippen LogP) is 2.47. The van der Waals surface area contributed by atoms with Gasteiger partial charge in [0.2, 0.25) is 12.7 Å². The van der Waals surface area contributed by atoms with Crippen molar-refractivity contribution in [2.75, 3.05) is 33.0 Å². The van der Waals surface area contributed by atoms with Gasteiger partial charge in [-0.2, -0.15) is 0 Å². The van der Waals surface area contributed by atoms with Gasteiger partial charge >= 0.3 is 0 Å². The van der Waals surface area contributed by atoms with Gasteiger partial charge in [-0.3, -0.25) is 19.3 Å². The summed E-state index contributed by atoms with van der Waals surface area (Å²) in [5, 5.41) is -0.442. The molecule has 2 fully saturated rings. The molecule has 0 aromatic heterocycles. The molecule has 148 valence electrons. The first-order valence-corrected chi connectivity index (χ1v) is 9.98. The van der Waals surface area contributed by atoms with E-state index >= 15 is 0 Å². The Kier molecular flexibility index (Phi) is 5.17. The standard InChI is InChI=1S/C19H20N2O6S/c1-2-25-13-9-15-14(26-11-27-15)7-12(13)8-16-18(23)21(19(24)28-16)10-17(22)20-5-3-4-6-20/h7-9H,2-6,10-11H2,1H3. The molecule has 0 N–H and O–H groups in total. The van der Waals surface area contributed by atoms with Crippen LogP contribution in [0.15, 0.2) is 17.0 Å². The lowest BCUT2D eigenvalue weighted by atomic mass is 10.1. The van der Waals surface area contributed by atoms with Crippen molar-refractivity contribution in [3.63, 3.8) is 0 Å². The fourth-order valence-corrected chi connectivity index (χ4v) is 4.14. The summed E-state index contributed by atoms with van der Waals surface area (Å²) in [6.45, 7) is 3.55. The van der Waals surface area contributed by atoms with E-state index in [1.165, 1.54) is 0 Å². The first kappa shape index (κ1) is 18.7. The predicted molar refractivity (Wildman–Crippen MR) is 102 cm³/mol. The van der Waals surface area contributed by atoms with Crippen LogP contribution < -0.4 is 14.2 Å². The number of thioether (sulfide) groups is 1. The summed E-state index contributed by atoms with van der Waals surface area (Å²) in [6, 6.07) is 3.43. The Hall–Kier alpha value is -2.68. The molecule has 3 amide bonds. The van der Waals surface area contributed by atoms with Gasteiger partial charge in [-0.15, -0.1) is 0 Å². The molecule has 4 rings (SSSR count). The molecule has 0 unspecified atom stereocenters. The Morgan fingerprint density at radius 3 is 2.64 bits per heavy atom. The van der Waals surface area contributed by atoms with Crippen molar-refractivity contribution in [3.8, 4) is 17.2 Å². The number of benzene rings is 1. The number of amides is 3. The maximum absolute atomic E-state index is 12.7. The van der Waals surface area contributed by atoms with Gasteiger partial charge in [0.05, 0.1) is 11.5 Å². The Labute approximate surface area is 166 Å². The second kappa shape index (κ2) is 7.75. The summed E-state index contributed by atoms with van der Waals surface area (Å²) < 4.78 is 16.4. The van der Waals surface area contributed by atoms with E-state index in [0.717, 1.165) is 29.5 Å². The third-order valence-corrected chi connectivity index (χ3v) is 5.62. The minimum atomic E-state index is -0.470. The quantitative estimate of drug-likeness (QED) is 0.697. The molecule has 3 aliphatic rings. The SMILES string of the molecule is CCOc1cc2c(cc1C=C1SC(=O)N(CC(=O)N3CCCC3)C1=O)OCO2. The lowest BCUT2D eigenvalue weighted by molar-refractivity contribution is -0.135. The third kappa shape index (κ3) is 3.54. The molecule has 0 atom stereocenters. The van der Waals surface area contributed by atoms with Gasteiger partial charge in [0.25, 0.3) is 11.1 Å². The van der Waals surface area contributed by atoms with Gasteiger partial charge < -0.3 is 19.1 Å². The number of carbonyl (C=O) groups excluding carboxylic acids is 3. The molecular formula is C19H20N2O6S. The van der Waals surface area contributed by atoms with Crippen molar-refractivity contribution in [1.82, 2.24) is 9.80 Å². The number of imide groups is 1. The zero-order valence-corrected chi connectivity index (χ0v) is 16.3. The van der Waals surface area contributed by atoms with Crippen LogP contribution in [0.1, 0.15) is 25.3 Å². The van der Waals surface area contributed by atoms with Gasteiger partial charge in [-0.1, -0.05) is 0 Å². The lowest BCUT2D eigenvalue weighted by Gasteiger charge is -2.18. The van der Waals surface area contributed by atoms with E-state index < -0.39 is 11.1 Å². The van der Waals surface area contributed by atoms with E-state index in [1.807, 2.05) is 6.92 Å². The van der Waals surface area contributed by atoms with Gasteiger partial charge in [-0.25, -0.2) is 0 Å². The number of nitrogens with zero attached hydrogens (tertiary/aromatic N) is 2. The molecule has 1 aromatic carbocycles. The maximum Gasteiger partial charge on any atom is 0.294 e. The van der Waals surface area contributed by atoms with Crippen LogP contribution in [0.4, 0.5) is 4.79 Å². The maximum atomic E-state index is 12.7. The Morgan fingerprint density at radius 2 is 1.93 bits per heavy atom. The smallest absolute Gasteiger partial charge is 0.294 e. The van der Waals surface area contributed by atoms with Crippen molar-refractivity contribution >= 4 is 34.9 Å². The third-order valence-electron chi connectivity index (χ3n) is 4.72. The highest BCUT2D eigenvalue weighted by atomic mass is 32.2. The molecule has 0 radical (unpaired) electrons. The Morgan fingerprint density at radius 1 is 1.21 bits per heavy atom. The van der Waals surface area contributed by atoms with Crippen LogP contribution in [-0.2, 0) is 9.59 Å². The van der Waals surface area contributed by atoms with Crippen molar-refractivity contribution in [3.05, 3.63) is 22.6 Å². The topological polar surface area (TPSA) is 85.4 Å². The van der Waals surface area contributed by atoms with E-state index in [-0.39, 0.29) is 24.2 Å². The van der Waals surface area contributed by atoms with Crippen LogP contribution in [0.3, 0.4) is 0 Å². The van der Waals surface area contributed by atoms with Gasteiger partial charge in [-0.05, 0) is 43.7 Å². The summed E-state index contributed by atoms with van der Waals surface area (Å²) in [5.41, 5.74) is 0.613. The molecule has 0 spiro atoms. The summed E-state index contributed by atoms with van der Waals surface area (Å²) in [6.07, 6.45) is 3.51. The average molecular weight is 404 g/mol. The van der Waals surface area contributed by atoms with Crippen LogP contribution in [0.2, 0.25) is 0 Å². The summed E-state index contributed by atoms with van der Waals surface area (Å²) in [4.78, 5) is 40.3. The largest absolute Gasteiger partial charge is 0.493 e. The average Bonchev–Trinajstić information content (AvgIpc) is 3.40. The highest BCUT2D eigenvalue weighted by molar-refractivity contribution is 8.18. The number of ether oxygens (including phenoxy) is 3. The van der Waals surface area contributed by atoms with E-state index in [4.69, 9.17) is 14.2 Å². The Balaban J connectivity index is 1.56. The number of carbonyl (C=O) groups is 3. The fourth-order valence-electron chi connectivity index (χ4n) is 3.31. The van der Waals surface area contributed by atoms with Crippen LogP contribution in [0.5, 0.6) is 17.2 Å².